The second-order valence-corrected chi connectivity index (χ2v) is 3.83. The minimum atomic E-state index is -4.76. The Bertz CT molecular complexity index is 1070. The first-order valence-electron chi connectivity index (χ1n) is 12.3. The molecule has 1 unspecified atom stereocenters. The highest BCUT2D eigenvalue weighted by molar-refractivity contribution is 5.30. The van der Waals surface area contributed by atoms with Gasteiger partial charge in [-0.3, -0.25) is 0 Å². The highest BCUT2D eigenvalue weighted by atomic mass is 19.4. The summed E-state index contributed by atoms with van der Waals surface area (Å²) < 4.78 is 146. The SMILES string of the molecule is [2H]c1c([2H])c([2H])c(C([2H])(Oc2ccc(C(F)(F)F)cc2)C([2H])([2H])C([2H])([2H])NC([2H])([2H])[2H])c([2H])c1[2H]. The standard InChI is InChI=1S/C17H18F3NO/c1-21-12-11-16(13-5-3-2-4-6-13)22-15-9-7-14(8-10-15)17(18,19)20/h2-10,16,21H,11-12H2,1H3/i1D3,2D,3D,4D,5D,6D,11D2,12D2,16D. The van der Waals surface area contributed by atoms with Gasteiger partial charge in [-0.15, -0.1) is 0 Å². The first kappa shape index (κ1) is 6.24. The van der Waals surface area contributed by atoms with Crippen LogP contribution >= 0.6 is 0 Å². The third-order valence-corrected chi connectivity index (χ3v) is 2.37. The third-order valence-electron chi connectivity index (χ3n) is 2.37. The smallest absolute Gasteiger partial charge is 0.416 e. The molecular weight excluding hydrogens is 291 g/mol. The Morgan fingerprint density at radius 3 is 2.55 bits per heavy atom. The average Bonchev–Trinajstić information content (AvgIpc) is 2.68. The Morgan fingerprint density at radius 1 is 1.27 bits per heavy atom. The van der Waals surface area contributed by atoms with Gasteiger partial charge in [0, 0.05) is 16.0 Å². The molecule has 0 heterocycles. The predicted octanol–water partition coefficient (Wildman–Crippen LogP) is 4.44. The van der Waals surface area contributed by atoms with Gasteiger partial charge >= 0.3 is 6.18 Å². The fraction of sp³-hybridized carbons (Fsp3) is 0.294. The van der Waals surface area contributed by atoms with Gasteiger partial charge in [0.1, 0.15) is 11.8 Å². The van der Waals surface area contributed by atoms with Crippen LogP contribution in [0.5, 0.6) is 5.75 Å². The van der Waals surface area contributed by atoms with Gasteiger partial charge in [-0.2, -0.15) is 13.2 Å². The molecule has 0 radical (unpaired) electrons. The van der Waals surface area contributed by atoms with Crippen LogP contribution in [0.4, 0.5) is 13.2 Å². The van der Waals surface area contributed by atoms with Gasteiger partial charge in [-0.25, -0.2) is 0 Å². The van der Waals surface area contributed by atoms with Crippen molar-refractivity contribution in [1.29, 1.82) is 0 Å². The Labute approximate surface area is 146 Å². The van der Waals surface area contributed by atoms with E-state index in [1.807, 2.05) is 0 Å². The summed E-state index contributed by atoms with van der Waals surface area (Å²) >= 11 is 0. The van der Waals surface area contributed by atoms with Crippen molar-refractivity contribution in [3.63, 3.8) is 0 Å². The Hall–Kier alpha value is -2.01. The fourth-order valence-corrected chi connectivity index (χ4v) is 1.42. The van der Waals surface area contributed by atoms with Gasteiger partial charge in [0.15, 0.2) is 0 Å². The molecule has 0 bridgehead atoms. The van der Waals surface area contributed by atoms with Crippen LogP contribution in [0.25, 0.3) is 0 Å². The van der Waals surface area contributed by atoms with Crippen molar-refractivity contribution < 1.29 is 35.7 Å². The molecule has 5 heteroatoms. The minimum absolute atomic E-state index is 0.503. The van der Waals surface area contributed by atoms with Gasteiger partial charge in [0.2, 0.25) is 0 Å². The monoisotopic (exact) mass is 322 g/mol. The third kappa shape index (κ3) is 4.49. The van der Waals surface area contributed by atoms with Crippen molar-refractivity contribution in [1.82, 2.24) is 5.32 Å². The van der Waals surface area contributed by atoms with E-state index in [9.17, 15) is 13.2 Å². The summed E-state index contributed by atoms with van der Waals surface area (Å²) in [6.45, 7) is -6.96. The molecule has 2 aromatic rings. The van der Waals surface area contributed by atoms with E-state index in [1.165, 1.54) is 5.32 Å². The highest BCUT2D eigenvalue weighted by Crippen LogP contribution is 2.31. The molecule has 0 aliphatic carbocycles. The average molecular weight is 322 g/mol. The lowest BCUT2D eigenvalue weighted by Crippen LogP contribution is -2.16. The highest BCUT2D eigenvalue weighted by Gasteiger charge is 2.30. The number of benzene rings is 2. The molecule has 1 atom stereocenters. The molecule has 0 spiro atoms. The van der Waals surface area contributed by atoms with Crippen LogP contribution in [0.2, 0.25) is 0 Å². The number of nitrogens with one attached hydrogen (secondary N) is 1. The first-order chi connectivity index (χ1) is 15.6. The van der Waals surface area contributed by atoms with Gasteiger partial charge in [-0.05, 0) is 43.3 Å². The fourth-order valence-electron chi connectivity index (χ4n) is 1.42. The van der Waals surface area contributed by atoms with Crippen molar-refractivity contribution in [2.45, 2.75) is 18.6 Å². The molecular formula is C17H18F3NO. The van der Waals surface area contributed by atoms with E-state index < -0.39 is 79.2 Å². The number of hydrogen-bond donors (Lipinski definition) is 1. The second kappa shape index (κ2) is 7.31. The predicted molar refractivity (Wildman–Crippen MR) is 79.8 cm³/mol. The van der Waals surface area contributed by atoms with E-state index in [4.69, 9.17) is 22.6 Å². The zero-order valence-electron chi connectivity index (χ0n) is 23.9. The summed E-state index contributed by atoms with van der Waals surface area (Å²) in [5, 5.41) is 1.36. The lowest BCUT2D eigenvalue weighted by Gasteiger charge is -2.20. The van der Waals surface area contributed by atoms with E-state index in [0.29, 0.717) is 24.3 Å². The van der Waals surface area contributed by atoms with E-state index in [-0.39, 0.29) is 0 Å². The topological polar surface area (TPSA) is 21.3 Å². The van der Waals surface area contributed by atoms with Crippen LogP contribution < -0.4 is 10.1 Å². The molecule has 0 saturated carbocycles. The van der Waals surface area contributed by atoms with E-state index >= 15 is 0 Å². The molecule has 1 N–H and O–H groups in total. The van der Waals surface area contributed by atoms with Crippen LogP contribution in [-0.2, 0) is 6.18 Å². The molecule has 22 heavy (non-hydrogen) atoms. The number of hydrogen-bond acceptors (Lipinski definition) is 2. The van der Waals surface area contributed by atoms with Crippen molar-refractivity contribution in [3.8, 4) is 5.75 Å². The summed E-state index contributed by atoms with van der Waals surface area (Å²) in [6.07, 6.45) is -12.2. The molecule has 0 aliphatic heterocycles. The first-order valence-corrected chi connectivity index (χ1v) is 5.80. The molecule has 2 nitrogen and oxygen atoms in total. The number of ether oxygens (including phenoxy) is 1. The van der Waals surface area contributed by atoms with Crippen molar-refractivity contribution in [2.24, 2.45) is 0 Å². The molecule has 2 aromatic carbocycles. The van der Waals surface area contributed by atoms with Crippen LogP contribution in [-0.4, -0.2) is 13.5 Å². The lowest BCUT2D eigenvalue weighted by molar-refractivity contribution is -0.137. The van der Waals surface area contributed by atoms with E-state index in [1.54, 1.807) is 0 Å². The molecule has 2 rings (SSSR count). The van der Waals surface area contributed by atoms with Crippen molar-refractivity contribution in [3.05, 3.63) is 65.6 Å². The summed E-state index contributed by atoms with van der Waals surface area (Å²) in [4.78, 5) is 0. The van der Waals surface area contributed by atoms with Crippen LogP contribution in [0, 0.1) is 0 Å². The van der Waals surface area contributed by atoms with Gasteiger partial charge in [-0.1, -0.05) is 30.2 Å². The zero-order chi connectivity index (χ0) is 27.4. The normalized spacial score (nSPS) is 24.8. The molecule has 0 aliphatic rings. The largest absolute Gasteiger partial charge is 0.486 e. The number of halogens is 3. The molecule has 118 valence electrons. The summed E-state index contributed by atoms with van der Waals surface area (Å²) in [6, 6.07) is -3.00. The lowest BCUT2D eigenvalue weighted by atomic mass is 10.1. The maximum Gasteiger partial charge on any atom is 0.416 e. The van der Waals surface area contributed by atoms with Crippen LogP contribution in [0.15, 0.2) is 54.5 Å². The second-order valence-electron chi connectivity index (χ2n) is 3.83. The quantitative estimate of drug-likeness (QED) is 0.849. The van der Waals surface area contributed by atoms with Crippen LogP contribution in [0.3, 0.4) is 0 Å². The Morgan fingerprint density at radius 2 is 1.95 bits per heavy atom. The number of alkyl halides is 3. The zero-order valence-corrected chi connectivity index (χ0v) is 10.9. The molecule has 0 aromatic heterocycles. The minimum Gasteiger partial charge on any atom is -0.486 e. The molecule has 0 fully saturated rings. The molecule has 0 amide bonds. The summed E-state index contributed by atoms with van der Waals surface area (Å²) in [5.41, 5.74) is -2.35. The van der Waals surface area contributed by atoms with Gasteiger partial charge in [0.25, 0.3) is 0 Å². The van der Waals surface area contributed by atoms with E-state index in [0.717, 1.165) is 0 Å². The maximum atomic E-state index is 12.9. The van der Waals surface area contributed by atoms with Gasteiger partial charge < -0.3 is 10.1 Å². The number of rotatable bonds is 6. The van der Waals surface area contributed by atoms with Crippen molar-refractivity contribution >= 4 is 0 Å². The maximum absolute atomic E-state index is 12.9. The van der Waals surface area contributed by atoms with Gasteiger partial charge in [0.05, 0.1) is 13.8 Å². The van der Waals surface area contributed by atoms with Crippen LogP contribution in [0.1, 0.15) is 41.4 Å². The summed E-state index contributed by atoms with van der Waals surface area (Å²) in [5.74, 6) is -0.659. The van der Waals surface area contributed by atoms with Crippen molar-refractivity contribution in [2.75, 3.05) is 13.5 Å². The Kier molecular flexibility index (Phi) is 2.07. The summed E-state index contributed by atoms with van der Waals surface area (Å²) in [7, 11) is 0. The Balaban J connectivity index is 2.84. The molecule has 0 saturated heterocycles. The van der Waals surface area contributed by atoms with E-state index in [2.05, 4.69) is 0 Å².